The highest BCUT2D eigenvalue weighted by molar-refractivity contribution is 6.18. The Kier molecular flexibility index (Phi) is 3.49. The molecule has 1 amide bonds. The van der Waals surface area contributed by atoms with Crippen LogP contribution in [-0.4, -0.2) is 11.8 Å². The molecule has 2 rings (SSSR count). The van der Waals surface area contributed by atoms with Crippen LogP contribution in [0.2, 0.25) is 0 Å². The number of carbonyl (C=O) groups excluding carboxylic acids is 1. The normalized spacial score (nSPS) is 17.6. The fraction of sp³-hybridized carbons (Fsp3) is 0.462. The van der Waals surface area contributed by atoms with Gasteiger partial charge in [-0.2, -0.15) is 0 Å². The third-order valence-electron chi connectivity index (χ3n) is 3.23. The molecule has 0 aromatic heterocycles. The van der Waals surface area contributed by atoms with Gasteiger partial charge in [0.1, 0.15) is 0 Å². The van der Waals surface area contributed by atoms with Gasteiger partial charge in [-0.05, 0) is 24.8 Å². The summed E-state index contributed by atoms with van der Waals surface area (Å²) in [7, 11) is 0. The summed E-state index contributed by atoms with van der Waals surface area (Å²) in [5.41, 5.74) is 1.09. The van der Waals surface area contributed by atoms with E-state index in [-0.39, 0.29) is 11.4 Å². The SMILES string of the molecule is O=C(CCCl)NC1(c2ccccc2)CCC1. The Hall–Kier alpha value is -1.02. The molecule has 0 heterocycles. The first-order valence-electron chi connectivity index (χ1n) is 5.69. The fourth-order valence-corrected chi connectivity index (χ4v) is 2.36. The Balaban J connectivity index is 2.11. The molecular formula is C13H16ClNO. The van der Waals surface area contributed by atoms with Gasteiger partial charge in [-0.25, -0.2) is 0 Å². The molecule has 0 aliphatic heterocycles. The van der Waals surface area contributed by atoms with Crippen molar-refractivity contribution >= 4 is 17.5 Å². The molecule has 3 heteroatoms. The van der Waals surface area contributed by atoms with Crippen molar-refractivity contribution in [3.63, 3.8) is 0 Å². The van der Waals surface area contributed by atoms with Gasteiger partial charge in [0.2, 0.25) is 5.91 Å². The van der Waals surface area contributed by atoms with Gasteiger partial charge in [0.15, 0.2) is 0 Å². The second-order valence-electron chi connectivity index (χ2n) is 4.29. The lowest BCUT2D eigenvalue weighted by molar-refractivity contribution is -0.123. The van der Waals surface area contributed by atoms with Crippen molar-refractivity contribution in [1.82, 2.24) is 5.32 Å². The number of amides is 1. The molecule has 0 bridgehead atoms. The number of halogens is 1. The maximum absolute atomic E-state index is 11.6. The molecule has 1 aromatic carbocycles. The molecule has 0 atom stereocenters. The van der Waals surface area contributed by atoms with E-state index in [1.165, 1.54) is 12.0 Å². The number of nitrogens with one attached hydrogen (secondary N) is 1. The quantitative estimate of drug-likeness (QED) is 0.802. The number of carbonyl (C=O) groups is 1. The Morgan fingerprint density at radius 3 is 2.50 bits per heavy atom. The summed E-state index contributed by atoms with van der Waals surface area (Å²) in [4.78, 5) is 11.6. The van der Waals surface area contributed by atoms with E-state index in [1.54, 1.807) is 0 Å². The Labute approximate surface area is 101 Å². The molecule has 2 nitrogen and oxygen atoms in total. The van der Waals surface area contributed by atoms with Gasteiger partial charge in [-0.15, -0.1) is 11.6 Å². The van der Waals surface area contributed by atoms with Gasteiger partial charge < -0.3 is 5.32 Å². The lowest BCUT2D eigenvalue weighted by Crippen LogP contribution is -2.50. The summed E-state index contributed by atoms with van der Waals surface area (Å²) in [6.07, 6.45) is 3.64. The number of hydrogen-bond acceptors (Lipinski definition) is 1. The Bertz CT molecular complexity index is 359. The maximum atomic E-state index is 11.6. The standard InChI is InChI=1S/C13H16ClNO/c14-10-7-12(16)15-13(8-4-9-13)11-5-2-1-3-6-11/h1-3,5-6H,4,7-10H2,(H,15,16). The molecule has 0 saturated heterocycles. The number of alkyl halides is 1. The van der Waals surface area contributed by atoms with Gasteiger partial charge in [-0.1, -0.05) is 30.3 Å². The van der Waals surface area contributed by atoms with Crippen molar-refractivity contribution in [2.75, 3.05) is 5.88 Å². The average Bonchev–Trinajstić information content (AvgIpc) is 2.25. The minimum Gasteiger partial charge on any atom is -0.347 e. The van der Waals surface area contributed by atoms with Crippen molar-refractivity contribution < 1.29 is 4.79 Å². The van der Waals surface area contributed by atoms with Gasteiger partial charge in [0.25, 0.3) is 0 Å². The Morgan fingerprint density at radius 1 is 1.31 bits per heavy atom. The minimum absolute atomic E-state index is 0.0542. The summed E-state index contributed by atoms with van der Waals surface area (Å²) in [5.74, 6) is 0.440. The first-order valence-corrected chi connectivity index (χ1v) is 6.23. The molecule has 1 aliphatic rings. The van der Waals surface area contributed by atoms with E-state index in [4.69, 9.17) is 11.6 Å². The summed E-state index contributed by atoms with van der Waals surface area (Å²) < 4.78 is 0. The predicted octanol–water partition coefficient (Wildman–Crippen LogP) is 2.81. The van der Waals surface area contributed by atoms with E-state index in [2.05, 4.69) is 17.4 Å². The van der Waals surface area contributed by atoms with Crippen LogP contribution in [0.25, 0.3) is 0 Å². The van der Waals surface area contributed by atoms with Gasteiger partial charge in [0, 0.05) is 12.3 Å². The van der Waals surface area contributed by atoms with Gasteiger partial charge in [-0.3, -0.25) is 4.79 Å². The zero-order chi connectivity index (χ0) is 11.4. The maximum Gasteiger partial charge on any atom is 0.221 e. The first kappa shape index (κ1) is 11.5. The smallest absolute Gasteiger partial charge is 0.221 e. The summed E-state index contributed by atoms with van der Waals surface area (Å²) in [6.45, 7) is 0. The molecule has 0 radical (unpaired) electrons. The minimum atomic E-state index is -0.121. The average molecular weight is 238 g/mol. The largest absolute Gasteiger partial charge is 0.347 e. The molecule has 1 saturated carbocycles. The van der Waals surface area contributed by atoms with Crippen molar-refractivity contribution in [2.45, 2.75) is 31.2 Å². The number of benzene rings is 1. The molecular weight excluding hydrogens is 222 g/mol. The topological polar surface area (TPSA) is 29.1 Å². The van der Waals surface area contributed by atoms with Crippen LogP contribution in [0.15, 0.2) is 30.3 Å². The molecule has 86 valence electrons. The lowest BCUT2D eigenvalue weighted by Gasteiger charge is -2.43. The number of hydrogen-bond donors (Lipinski definition) is 1. The second kappa shape index (κ2) is 4.88. The summed E-state index contributed by atoms with van der Waals surface area (Å²) in [5, 5.41) is 3.12. The van der Waals surface area contributed by atoms with Crippen molar-refractivity contribution in [3.8, 4) is 0 Å². The molecule has 1 aliphatic carbocycles. The fourth-order valence-electron chi connectivity index (χ4n) is 2.19. The molecule has 1 aromatic rings. The van der Waals surface area contributed by atoms with E-state index in [9.17, 15) is 4.79 Å². The Morgan fingerprint density at radius 2 is 2.00 bits per heavy atom. The predicted molar refractivity (Wildman–Crippen MR) is 65.5 cm³/mol. The molecule has 0 unspecified atom stereocenters. The van der Waals surface area contributed by atoms with E-state index >= 15 is 0 Å². The highest BCUT2D eigenvalue weighted by Gasteiger charge is 2.39. The highest BCUT2D eigenvalue weighted by Crippen LogP contribution is 2.41. The number of rotatable bonds is 4. The van der Waals surface area contributed by atoms with E-state index in [0.717, 1.165) is 12.8 Å². The van der Waals surface area contributed by atoms with E-state index < -0.39 is 0 Å². The molecule has 16 heavy (non-hydrogen) atoms. The van der Waals surface area contributed by atoms with Crippen molar-refractivity contribution in [3.05, 3.63) is 35.9 Å². The van der Waals surface area contributed by atoms with E-state index in [0.29, 0.717) is 12.3 Å². The highest BCUT2D eigenvalue weighted by atomic mass is 35.5. The zero-order valence-electron chi connectivity index (χ0n) is 9.21. The van der Waals surface area contributed by atoms with Gasteiger partial charge in [0.05, 0.1) is 5.54 Å². The van der Waals surface area contributed by atoms with Crippen LogP contribution in [0.1, 0.15) is 31.2 Å². The monoisotopic (exact) mass is 237 g/mol. The van der Waals surface area contributed by atoms with Crippen LogP contribution in [0.4, 0.5) is 0 Å². The summed E-state index contributed by atoms with van der Waals surface area (Å²) >= 11 is 5.57. The molecule has 1 fully saturated rings. The van der Waals surface area contributed by atoms with Crippen LogP contribution in [0.3, 0.4) is 0 Å². The molecule has 1 N–H and O–H groups in total. The second-order valence-corrected chi connectivity index (χ2v) is 4.67. The van der Waals surface area contributed by atoms with Crippen LogP contribution >= 0.6 is 11.6 Å². The lowest BCUT2D eigenvalue weighted by atomic mass is 9.71. The van der Waals surface area contributed by atoms with Crippen LogP contribution in [0.5, 0.6) is 0 Å². The zero-order valence-corrected chi connectivity index (χ0v) is 9.96. The first-order chi connectivity index (χ1) is 7.77. The molecule has 0 spiro atoms. The summed E-state index contributed by atoms with van der Waals surface area (Å²) in [6, 6.07) is 10.2. The van der Waals surface area contributed by atoms with Crippen molar-refractivity contribution in [2.24, 2.45) is 0 Å². The van der Waals surface area contributed by atoms with Gasteiger partial charge >= 0.3 is 0 Å². The van der Waals surface area contributed by atoms with Crippen molar-refractivity contribution in [1.29, 1.82) is 0 Å². The third kappa shape index (κ3) is 2.22. The van der Waals surface area contributed by atoms with Crippen LogP contribution in [0, 0.1) is 0 Å². The van der Waals surface area contributed by atoms with Crippen LogP contribution in [-0.2, 0) is 10.3 Å². The van der Waals surface area contributed by atoms with E-state index in [1.807, 2.05) is 18.2 Å². The van der Waals surface area contributed by atoms with Crippen LogP contribution < -0.4 is 5.32 Å². The third-order valence-corrected chi connectivity index (χ3v) is 3.42.